The van der Waals surface area contributed by atoms with E-state index in [-0.39, 0.29) is 4.90 Å². The number of primary sulfonamides is 1. The number of hydrogen-bond donors (Lipinski definition) is 3. The number of nitrogens with one attached hydrogen (secondary N) is 1. The van der Waals surface area contributed by atoms with Gasteiger partial charge in [0.25, 0.3) is 0 Å². The summed E-state index contributed by atoms with van der Waals surface area (Å²) < 4.78 is 22.9. The predicted molar refractivity (Wildman–Crippen MR) is 86.5 cm³/mol. The van der Waals surface area contributed by atoms with Gasteiger partial charge in [-0.1, -0.05) is 19.8 Å². The summed E-state index contributed by atoms with van der Waals surface area (Å²) in [6.07, 6.45) is 7.25. The summed E-state index contributed by atoms with van der Waals surface area (Å²) >= 11 is 0. The Bertz CT molecular complexity index is 579. The first kappa shape index (κ1) is 16.1. The standard InChI is InChI=1S/C15H25N3O2S/c1-2-3-11-4-6-13(7-5-11)18-14-8-12(16)9-15(10-14)21(17,19)20/h8-11,13,18H,2-7,16H2,1H3,(H2,17,19,20). The molecule has 0 amide bonds. The molecule has 1 aliphatic rings. The molecule has 0 radical (unpaired) electrons. The number of sulfonamides is 1. The molecule has 2 rings (SSSR count). The van der Waals surface area contributed by atoms with E-state index in [0.717, 1.165) is 24.4 Å². The molecule has 6 heteroatoms. The number of benzene rings is 1. The molecule has 0 aliphatic heterocycles. The van der Waals surface area contributed by atoms with E-state index >= 15 is 0 Å². The molecule has 1 aliphatic carbocycles. The molecule has 0 heterocycles. The first-order chi connectivity index (χ1) is 9.88. The molecule has 1 fully saturated rings. The third-order valence-corrected chi connectivity index (χ3v) is 5.06. The van der Waals surface area contributed by atoms with Crippen LogP contribution in [0.25, 0.3) is 0 Å². The summed E-state index contributed by atoms with van der Waals surface area (Å²) in [7, 11) is -3.72. The minimum absolute atomic E-state index is 0.0599. The van der Waals surface area contributed by atoms with Crippen molar-refractivity contribution in [2.45, 2.75) is 56.4 Å². The van der Waals surface area contributed by atoms with Crippen LogP contribution in [0, 0.1) is 5.92 Å². The van der Waals surface area contributed by atoms with Gasteiger partial charge in [-0.15, -0.1) is 0 Å². The highest BCUT2D eigenvalue weighted by Crippen LogP contribution is 2.30. The largest absolute Gasteiger partial charge is 0.399 e. The van der Waals surface area contributed by atoms with Gasteiger partial charge in [0.1, 0.15) is 0 Å². The fraction of sp³-hybridized carbons (Fsp3) is 0.600. The van der Waals surface area contributed by atoms with Crippen LogP contribution in [0.2, 0.25) is 0 Å². The quantitative estimate of drug-likeness (QED) is 0.728. The maximum atomic E-state index is 11.4. The zero-order valence-electron chi connectivity index (χ0n) is 12.5. The van der Waals surface area contributed by atoms with Crippen LogP contribution in [0.1, 0.15) is 45.4 Å². The average molecular weight is 311 g/mol. The molecule has 1 aromatic carbocycles. The van der Waals surface area contributed by atoms with Crippen molar-refractivity contribution in [1.29, 1.82) is 0 Å². The van der Waals surface area contributed by atoms with Gasteiger partial charge in [0, 0.05) is 17.4 Å². The lowest BCUT2D eigenvalue weighted by Gasteiger charge is -2.29. The fourth-order valence-corrected chi connectivity index (χ4v) is 3.70. The first-order valence-corrected chi connectivity index (χ1v) is 9.13. The number of anilines is 2. The van der Waals surface area contributed by atoms with E-state index in [2.05, 4.69) is 12.2 Å². The van der Waals surface area contributed by atoms with Gasteiger partial charge in [-0.05, 0) is 49.8 Å². The van der Waals surface area contributed by atoms with Gasteiger partial charge in [0.15, 0.2) is 0 Å². The van der Waals surface area contributed by atoms with Gasteiger partial charge in [0.2, 0.25) is 10.0 Å². The van der Waals surface area contributed by atoms with Crippen molar-refractivity contribution in [3.8, 4) is 0 Å². The van der Waals surface area contributed by atoms with Gasteiger partial charge in [-0.3, -0.25) is 0 Å². The number of hydrogen-bond acceptors (Lipinski definition) is 4. The van der Waals surface area contributed by atoms with Crippen LogP contribution >= 0.6 is 0 Å². The van der Waals surface area contributed by atoms with Gasteiger partial charge in [-0.2, -0.15) is 0 Å². The summed E-state index contributed by atoms with van der Waals surface area (Å²) in [5.74, 6) is 0.842. The van der Waals surface area contributed by atoms with Gasteiger partial charge < -0.3 is 11.1 Å². The highest BCUT2D eigenvalue weighted by molar-refractivity contribution is 7.89. The molecule has 5 nitrogen and oxygen atoms in total. The van der Waals surface area contributed by atoms with Crippen LogP contribution in [0.15, 0.2) is 23.1 Å². The lowest BCUT2D eigenvalue weighted by molar-refractivity contribution is 0.319. The van der Waals surface area contributed by atoms with Crippen molar-refractivity contribution in [3.63, 3.8) is 0 Å². The van der Waals surface area contributed by atoms with Crippen LogP contribution < -0.4 is 16.2 Å². The second kappa shape index (κ2) is 6.66. The molecule has 0 bridgehead atoms. The van der Waals surface area contributed by atoms with Crippen molar-refractivity contribution >= 4 is 21.4 Å². The van der Waals surface area contributed by atoms with E-state index < -0.39 is 10.0 Å². The van der Waals surface area contributed by atoms with Crippen molar-refractivity contribution in [1.82, 2.24) is 0 Å². The minimum Gasteiger partial charge on any atom is -0.399 e. The Morgan fingerprint density at radius 2 is 1.86 bits per heavy atom. The summed E-state index contributed by atoms with van der Waals surface area (Å²) in [4.78, 5) is 0.0599. The topological polar surface area (TPSA) is 98.2 Å². The van der Waals surface area contributed by atoms with Crippen LogP contribution in [0.4, 0.5) is 11.4 Å². The Labute approximate surface area is 127 Å². The maximum absolute atomic E-state index is 11.4. The Hall–Kier alpha value is -1.27. The molecule has 0 unspecified atom stereocenters. The van der Waals surface area contributed by atoms with E-state index in [1.165, 1.54) is 31.7 Å². The van der Waals surface area contributed by atoms with Crippen molar-refractivity contribution in [3.05, 3.63) is 18.2 Å². The lowest BCUT2D eigenvalue weighted by atomic mass is 9.83. The zero-order chi connectivity index (χ0) is 15.5. The average Bonchev–Trinajstić information content (AvgIpc) is 2.40. The van der Waals surface area contributed by atoms with E-state index in [4.69, 9.17) is 10.9 Å². The molecule has 0 aromatic heterocycles. The summed E-state index contributed by atoms with van der Waals surface area (Å²) in [5.41, 5.74) is 6.90. The van der Waals surface area contributed by atoms with Gasteiger partial charge in [-0.25, -0.2) is 13.6 Å². The summed E-state index contributed by atoms with van der Waals surface area (Å²) in [5, 5.41) is 8.56. The van der Waals surface area contributed by atoms with Crippen molar-refractivity contribution in [2.24, 2.45) is 11.1 Å². The van der Waals surface area contributed by atoms with Crippen LogP contribution in [-0.4, -0.2) is 14.5 Å². The van der Waals surface area contributed by atoms with E-state index in [1.807, 2.05) is 0 Å². The number of nitrogen functional groups attached to an aromatic ring is 1. The molecular formula is C15H25N3O2S. The molecule has 1 aromatic rings. The molecule has 5 N–H and O–H groups in total. The van der Waals surface area contributed by atoms with E-state index in [9.17, 15) is 8.42 Å². The summed E-state index contributed by atoms with van der Waals surface area (Å²) in [6, 6.07) is 5.09. The molecule has 0 atom stereocenters. The Kier molecular flexibility index (Phi) is 5.11. The predicted octanol–water partition coefficient (Wildman–Crippen LogP) is 2.69. The monoisotopic (exact) mass is 311 g/mol. The maximum Gasteiger partial charge on any atom is 0.238 e. The van der Waals surface area contributed by atoms with Crippen LogP contribution in [0.5, 0.6) is 0 Å². The Morgan fingerprint density at radius 1 is 1.19 bits per heavy atom. The fourth-order valence-electron chi connectivity index (χ4n) is 3.11. The third-order valence-electron chi connectivity index (χ3n) is 4.17. The van der Waals surface area contributed by atoms with Crippen molar-refractivity contribution in [2.75, 3.05) is 11.1 Å². The van der Waals surface area contributed by atoms with Gasteiger partial charge >= 0.3 is 0 Å². The normalized spacial score (nSPS) is 23.0. The lowest BCUT2D eigenvalue weighted by Crippen LogP contribution is -2.26. The number of nitrogens with two attached hydrogens (primary N) is 2. The SMILES string of the molecule is CCCC1CCC(Nc2cc(N)cc(S(N)(=O)=O)c2)CC1. The molecule has 0 spiro atoms. The van der Waals surface area contributed by atoms with Crippen LogP contribution in [-0.2, 0) is 10.0 Å². The number of rotatable bonds is 5. The molecule has 21 heavy (non-hydrogen) atoms. The summed E-state index contributed by atoms with van der Waals surface area (Å²) in [6.45, 7) is 2.23. The first-order valence-electron chi connectivity index (χ1n) is 7.58. The highest BCUT2D eigenvalue weighted by Gasteiger charge is 2.21. The minimum atomic E-state index is -3.72. The van der Waals surface area contributed by atoms with Crippen molar-refractivity contribution < 1.29 is 8.42 Å². The molecule has 1 saturated carbocycles. The smallest absolute Gasteiger partial charge is 0.238 e. The van der Waals surface area contributed by atoms with Crippen LogP contribution in [0.3, 0.4) is 0 Å². The second-order valence-electron chi connectivity index (χ2n) is 5.99. The molecule has 0 saturated heterocycles. The highest BCUT2D eigenvalue weighted by atomic mass is 32.2. The van der Waals surface area contributed by atoms with E-state index in [0.29, 0.717) is 11.7 Å². The Balaban J connectivity index is 2.02. The Morgan fingerprint density at radius 3 is 2.43 bits per heavy atom. The zero-order valence-corrected chi connectivity index (χ0v) is 13.3. The third kappa shape index (κ3) is 4.61. The molecular weight excluding hydrogens is 286 g/mol. The van der Waals surface area contributed by atoms with E-state index in [1.54, 1.807) is 12.1 Å². The molecule has 118 valence electrons. The van der Waals surface area contributed by atoms with Gasteiger partial charge in [0.05, 0.1) is 4.90 Å². The second-order valence-corrected chi connectivity index (χ2v) is 7.55.